The van der Waals surface area contributed by atoms with Gasteiger partial charge in [0.25, 0.3) is 0 Å². The summed E-state index contributed by atoms with van der Waals surface area (Å²) < 4.78 is 43.8. The van der Waals surface area contributed by atoms with Crippen LogP contribution in [0.25, 0.3) is 0 Å². The van der Waals surface area contributed by atoms with E-state index < -0.39 is 24.4 Å². The third-order valence-electron chi connectivity index (χ3n) is 12.3. The zero-order valence-electron chi connectivity index (χ0n) is 45.7. The van der Waals surface area contributed by atoms with Crippen molar-refractivity contribution in [3.05, 3.63) is 0 Å². The Morgan fingerprint density at radius 3 is 0.847 bits per heavy atom. The Kier molecular flexibility index (Phi) is 44.9. The molecule has 0 amide bonds. The highest BCUT2D eigenvalue weighted by molar-refractivity contribution is 5.72. The van der Waals surface area contributed by atoms with Crippen molar-refractivity contribution in [1.29, 1.82) is 0 Å². The normalized spacial score (nSPS) is 12.7. The highest BCUT2D eigenvalue weighted by atomic mass is 16.6. The molecule has 0 rings (SSSR count). The molecule has 0 aliphatic carbocycles. The number of carbonyl (C=O) groups is 8. The summed E-state index contributed by atoms with van der Waals surface area (Å²) in [6.07, 6.45) is 22.8. The maximum Gasteiger partial charge on any atom is 0.305 e. The number of rotatable bonds is 49. The molecule has 0 aliphatic heterocycles. The topological polar surface area (TPSA) is 210 Å². The minimum absolute atomic E-state index is 0.0948. The van der Waals surface area contributed by atoms with Crippen molar-refractivity contribution in [3.8, 4) is 0 Å². The Hall–Kier alpha value is -4.24. The summed E-state index contributed by atoms with van der Waals surface area (Å²) in [5.74, 6) is -2.21. The molecule has 418 valence electrons. The van der Waals surface area contributed by atoms with Crippen LogP contribution in [0.1, 0.15) is 260 Å². The number of unbranched alkanes of at least 4 members (excludes halogenated alkanes) is 18. The summed E-state index contributed by atoms with van der Waals surface area (Å²) in [6.45, 7) is 11.4. The van der Waals surface area contributed by atoms with E-state index in [1.165, 1.54) is 0 Å². The third kappa shape index (κ3) is 41.3. The van der Waals surface area contributed by atoms with Crippen molar-refractivity contribution in [2.75, 3.05) is 26.4 Å². The van der Waals surface area contributed by atoms with Crippen molar-refractivity contribution in [2.45, 2.75) is 284 Å². The standard InChI is InChI=1S/C56H98O16/c1-7-49(57)67-43-45(69-51(59)9-3)35-27-19-13-15-25-33-41-65-55(63)39-31-23-17-21-29-37-47(71-53(61)11-5)48(72-54(62)12-6)38-30-22-18-24-32-40-56(64)66-42-34-26-16-14-20-28-36-46(70-52(60)10-4)44-68-50(58)8-2/h45-48H,7-44H2,1-6H3. The van der Waals surface area contributed by atoms with Crippen molar-refractivity contribution >= 4 is 47.8 Å². The number of hydrogen-bond donors (Lipinski definition) is 0. The second kappa shape index (κ2) is 47.7. The molecular weight excluding hydrogens is 929 g/mol. The lowest BCUT2D eigenvalue weighted by atomic mass is 9.99. The second-order valence-corrected chi connectivity index (χ2v) is 18.6. The summed E-state index contributed by atoms with van der Waals surface area (Å²) in [4.78, 5) is 95.9. The predicted molar refractivity (Wildman–Crippen MR) is 274 cm³/mol. The van der Waals surface area contributed by atoms with E-state index in [-0.39, 0.29) is 99.5 Å². The molecule has 4 atom stereocenters. The lowest BCUT2D eigenvalue weighted by molar-refractivity contribution is -0.169. The lowest BCUT2D eigenvalue weighted by Gasteiger charge is -2.27. The van der Waals surface area contributed by atoms with Gasteiger partial charge >= 0.3 is 47.8 Å². The van der Waals surface area contributed by atoms with Gasteiger partial charge in [0, 0.05) is 51.4 Å². The van der Waals surface area contributed by atoms with Crippen LogP contribution in [0.2, 0.25) is 0 Å². The zero-order valence-corrected chi connectivity index (χ0v) is 45.7. The third-order valence-corrected chi connectivity index (χ3v) is 12.3. The summed E-state index contributed by atoms with van der Waals surface area (Å²) in [6, 6.07) is 0. The Morgan fingerprint density at radius 2 is 0.528 bits per heavy atom. The Labute approximate surface area is 433 Å². The summed E-state index contributed by atoms with van der Waals surface area (Å²) in [5, 5.41) is 0. The second-order valence-electron chi connectivity index (χ2n) is 18.6. The van der Waals surface area contributed by atoms with Crippen molar-refractivity contribution in [3.63, 3.8) is 0 Å². The van der Waals surface area contributed by atoms with Crippen LogP contribution in [0.3, 0.4) is 0 Å². The first-order valence-electron chi connectivity index (χ1n) is 28.2. The summed E-state index contributed by atoms with van der Waals surface area (Å²) >= 11 is 0. The zero-order chi connectivity index (χ0) is 53.5. The van der Waals surface area contributed by atoms with E-state index in [9.17, 15) is 38.4 Å². The molecule has 0 heterocycles. The van der Waals surface area contributed by atoms with E-state index in [4.69, 9.17) is 37.9 Å². The van der Waals surface area contributed by atoms with Gasteiger partial charge in [-0.25, -0.2) is 0 Å². The van der Waals surface area contributed by atoms with Gasteiger partial charge in [-0.2, -0.15) is 0 Å². The number of ether oxygens (including phenoxy) is 8. The Morgan fingerprint density at radius 1 is 0.264 bits per heavy atom. The molecule has 0 fully saturated rings. The van der Waals surface area contributed by atoms with Gasteiger partial charge in [-0.15, -0.1) is 0 Å². The first kappa shape index (κ1) is 67.8. The maximum atomic E-state index is 12.4. The van der Waals surface area contributed by atoms with Crippen LogP contribution in [-0.4, -0.2) is 98.6 Å². The van der Waals surface area contributed by atoms with E-state index in [0.29, 0.717) is 51.7 Å². The number of esters is 8. The van der Waals surface area contributed by atoms with E-state index in [2.05, 4.69) is 0 Å². The smallest absolute Gasteiger partial charge is 0.305 e. The molecular formula is C56H98O16. The molecule has 0 bridgehead atoms. The fourth-order valence-corrected chi connectivity index (χ4v) is 7.78. The minimum Gasteiger partial charge on any atom is -0.466 e. The van der Waals surface area contributed by atoms with Gasteiger partial charge in [0.2, 0.25) is 0 Å². The number of hydrogen-bond acceptors (Lipinski definition) is 16. The first-order chi connectivity index (χ1) is 34.8. The largest absolute Gasteiger partial charge is 0.466 e. The molecule has 0 aromatic carbocycles. The van der Waals surface area contributed by atoms with Crippen LogP contribution in [0.5, 0.6) is 0 Å². The van der Waals surface area contributed by atoms with Gasteiger partial charge in [0.05, 0.1) is 13.2 Å². The quantitative estimate of drug-likeness (QED) is 0.0315. The average molecular weight is 1030 g/mol. The molecule has 16 heteroatoms. The molecule has 4 unspecified atom stereocenters. The van der Waals surface area contributed by atoms with Gasteiger partial charge in [-0.05, 0) is 77.0 Å². The summed E-state index contributed by atoms with van der Waals surface area (Å²) in [5.41, 5.74) is 0. The molecule has 0 saturated heterocycles. The van der Waals surface area contributed by atoms with Crippen molar-refractivity contribution in [2.24, 2.45) is 0 Å². The monoisotopic (exact) mass is 1030 g/mol. The van der Waals surface area contributed by atoms with Crippen LogP contribution < -0.4 is 0 Å². The van der Waals surface area contributed by atoms with Gasteiger partial charge in [0.1, 0.15) is 37.6 Å². The molecule has 0 aliphatic rings. The van der Waals surface area contributed by atoms with Crippen LogP contribution in [0.15, 0.2) is 0 Å². The van der Waals surface area contributed by atoms with E-state index in [1.54, 1.807) is 41.5 Å². The van der Waals surface area contributed by atoms with E-state index in [0.717, 1.165) is 141 Å². The molecule has 0 saturated carbocycles. The van der Waals surface area contributed by atoms with Crippen LogP contribution in [0, 0.1) is 0 Å². The number of carbonyl (C=O) groups excluding carboxylic acids is 8. The Bertz CT molecular complexity index is 1340. The fraction of sp³-hybridized carbons (Fsp3) is 0.857. The van der Waals surface area contributed by atoms with Crippen LogP contribution >= 0.6 is 0 Å². The molecule has 16 nitrogen and oxygen atoms in total. The summed E-state index contributed by atoms with van der Waals surface area (Å²) in [7, 11) is 0. The molecule has 0 radical (unpaired) electrons. The van der Waals surface area contributed by atoms with Gasteiger partial charge in [0.15, 0.2) is 0 Å². The van der Waals surface area contributed by atoms with Crippen molar-refractivity contribution in [1.82, 2.24) is 0 Å². The van der Waals surface area contributed by atoms with Gasteiger partial charge < -0.3 is 37.9 Å². The van der Waals surface area contributed by atoms with Crippen LogP contribution in [-0.2, 0) is 76.3 Å². The lowest BCUT2D eigenvalue weighted by Crippen LogP contribution is -2.35. The highest BCUT2D eigenvalue weighted by Crippen LogP contribution is 2.22. The predicted octanol–water partition coefficient (Wildman–Crippen LogP) is 12.2. The van der Waals surface area contributed by atoms with Crippen LogP contribution in [0.4, 0.5) is 0 Å². The highest BCUT2D eigenvalue weighted by Gasteiger charge is 2.28. The van der Waals surface area contributed by atoms with Gasteiger partial charge in [-0.1, -0.05) is 131 Å². The maximum absolute atomic E-state index is 12.4. The van der Waals surface area contributed by atoms with E-state index in [1.807, 2.05) is 0 Å². The average Bonchev–Trinajstić information content (AvgIpc) is 3.38. The van der Waals surface area contributed by atoms with Crippen molar-refractivity contribution < 1.29 is 76.3 Å². The van der Waals surface area contributed by atoms with E-state index >= 15 is 0 Å². The molecule has 0 spiro atoms. The van der Waals surface area contributed by atoms with Gasteiger partial charge in [-0.3, -0.25) is 38.4 Å². The minimum atomic E-state index is -0.522. The first-order valence-corrected chi connectivity index (χ1v) is 28.2. The fourth-order valence-electron chi connectivity index (χ4n) is 7.78. The molecule has 0 aromatic rings. The molecule has 0 aromatic heterocycles. The molecule has 72 heavy (non-hydrogen) atoms. The Balaban J connectivity index is 4.31. The molecule has 0 N–H and O–H groups in total. The SMILES string of the molecule is CCC(=O)OCC(CCCCCCCCOC(=O)CCCCCCCC(OC(=O)CC)C(CCCCCCCC(=O)OCCCCCCCCC(COC(=O)CC)OC(=O)CC)OC(=O)CC)OC(=O)CC.